The molecular weight excluding hydrogens is 200 g/mol. The fourth-order valence-electron chi connectivity index (χ4n) is 1.91. The predicted molar refractivity (Wildman–Crippen MR) is 67.0 cm³/mol. The second-order valence-corrected chi connectivity index (χ2v) is 5.42. The summed E-state index contributed by atoms with van der Waals surface area (Å²) in [6.45, 7) is 7.95. The number of nitrogens with zero attached hydrogens (tertiary/aromatic N) is 1. The summed E-state index contributed by atoms with van der Waals surface area (Å²) in [7, 11) is 0. The molecule has 3 nitrogen and oxygen atoms in total. The largest absolute Gasteiger partial charge is 0.339 e. The minimum Gasteiger partial charge on any atom is -0.339 e. The molecule has 16 heavy (non-hydrogen) atoms. The molecule has 1 aliphatic rings. The van der Waals surface area contributed by atoms with E-state index in [9.17, 15) is 4.79 Å². The van der Waals surface area contributed by atoms with Gasteiger partial charge in [-0.25, -0.2) is 0 Å². The summed E-state index contributed by atoms with van der Waals surface area (Å²) < 4.78 is 0. The van der Waals surface area contributed by atoms with E-state index in [-0.39, 0.29) is 5.92 Å². The molecule has 0 aromatic rings. The number of nitrogens with two attached hydrogens (primary N) is 1. The van der Waals surface area contributed by atoms with Crippen LogP contribution in [0.25, 0.3) is 0 Å². The monoisotopic (exact) mass is 226 g/mol. The van der Waals surface area contributed by atoms with Crippen molar-refractivity contribution in [1.82, 2.24) is 4.90 Å². The molecule has 1 amide bonds. The highest BCUT2D eigenvalue weighted by molar-refractivity contribution is 5.79. The van der Waals surface area contributed by atoms with Gasteiger partial charge >= 0.3 is 0 Å². The molecular formula is C13H26N2O. The molecule has 0 aliphatic heterocycles. The van der Waals surface area contributed by atoms with E-state index >= 15 is 0 Å². The van der Waals surface area contributed by atoms with Crippen molar-refractivity contribution in [2.75, 3.05) is 13.1 Å². The number of rotatable bonds is 7. The Labute approximate surface area is 99.4 Å². The van der Waals surface area contributed by atoms with Gasteiger partial charge in [-0.05, 0) is 38.1 Å². The van der Waals surface area contributed by atoms with Crippen molar-refractivity contribution in [2.24, 2.45) is 17.6 Å². The zero-order valence-electron chi connectivity index (χ0n) is 10.9. The van der Waals surface area contributed by atoms with Gasteiger partial charge in [0.05, 0.1) is 0 Å². The number of hydrogen-bond donors (Lipinski definition) is 1. The lowest BCUT2D eigenvalue weighted by Crippen LogP contribution is -2.38. The first-order valence-corrected chi connectivity index (χ1v) is 6.56. The topological polar surface area (TPSA) is 46.3 Å². The van der Waals surface area contributed by atoms with E-state index in [0.29, 0.717) is 24.4 Å². The minimum absolute atomic E-state index is 0.0952. The highest BCUT2D eigenvalue weighted by Gasteiger charge is 2.33. The highest BCUT2D eigenvalue weighted by Crippen LogP contribution is 2.29. The predicted octanol–water partition coefficient (Wildman–Crippen LogP) is 2.01. The third-order valence-corrected chi connectivity index (χ3v) is 3.24. The van der Waals surface area contributed by atoms with Crippen molar-refractivity contribution in [3.8, 4) is 0 Å². The molecule has 3 heteroatoms. The SMILES string of the molecule is CC(C)CCN(C(=O)C(C)CCN)C1CC1. The number of carbonyl (C=O) groups excluding carboxylic acids is 1. The smallest absolute Gasteiger partial charge is 0.225 e. The summed E-state index contributed by atoms with van der Waals surface area (Å²) in [5, 5.41) is 0. The van der Waals surface area contributed by atoms with Crippen LogP contribution in [0, 0.1) is 11.8 Å². The number of hydrogen-bond acceptors (Lipinski definition) is 2. The Hall–Kier alpha value is -0.570. The third kappa shape index (κ3) is 4.12. The molecule has 1 atom stereocenters. The van der Waals surface area contributed by atoms with Crippen molar-refractivity contribution in [3.05, 3.63) is 0 Å². The summed E-state index contributed by atoms with van der Waals surface area (Å²) in [6.07, 6.45) is 4.31. The van der Waals surface area contributed by atoms with Crippen LogP contribution in [0.5, 0.6) is 0 Å². The molecule has 1 rings (SSSR count). The molecule has 0 aromatic heterocycles. The molecule has 94 valence electrons. The molecule has 2 N–H and O–H groups in total. The Morgan fingerprint density at radius 2 is 1.94 bits per heavy atom. The Bertz CT molecular complexity index is 224. The maximum Gasteiger partial charge on any atom is 0.225 e. The first-order valence-electron chi connectivity index (χ1n) is 6.56. The van der Waals surface area contributed by atoms with E-state index in [1.165, 1.54) is 12.8 Å². The van der Waals surface area contributed by atoms with Crippen LogP contribution in [0.4, 0.5) is 0 Å². The summed E-state index contributed by atoms with van der Waals surface area (Å²) in [4.78, 5) is 14.3. The van der Waals surface area contributed by atoms with E-state index in [0.717, 1.165) is 19.4 Å². The first-order chi connectivity index (χ1) is 7.56. The van der Waals surface area contributed by atoms with Crippen molar-refractivity contribution < 1.29 is 4.79 Å². The van der Waals surface area contributed by atoms with E-state index in [4.69, 9.17) is 5.73 Å². The molecule has 0 bridgehead atoms. The fraction of sp³-hybridized carbons (Fsp3) is 0.923. The second-order valence-electron chi connectivity index (χ2n) is 5.42. The summed E-state index contributed by atoms with van der Waals surface area (Å²) in [5.74, 6) is 1.07. The van der Waals surface area contributed by atoms with Gasteiger partial charge < -0.3 is 10.6 Å². The number of carbonyl (C=O) groups is 1. The molecule has 1 aliphatic carbocycles. The van der Waals surface area contributed by atoms with Crippen molar-refractivity contribution >= 4 is 5.91 Å². The van der Waals surface area contributed by atoms with Crippen LogP contribution in [0.3, 0.4) is 0 Å². The molecule has 0 radical (unpaired) electrons. The van der Waals surface area contributed by atoms with Crippen LogP contribution in [0.2, 0.25) is 0 Å². The average Bonchev–Trinajstić information content (AvgIpc) is 3.01. The van der Waals surface area contributed by atoms with Gasteiger partial charge in [0.1, 0.15) is 0 Å². The van der Waals surface area contributed by atoms with Crippen LogP contribution in [-0.2, 0) is 4.79 Å². The van der Waals surface area contributed by atoms with Crippen LogP contribution >= 0.6 is 0 Å². The van der Waals surface area contributed by atoms with Gasteiger partial charge in [-0.2, -0.15) is 0 Å². The van der Waals surface area contributed by atoms with Crippen LogP contribution in [0.1, 0.15) is 46.5 Å². The van der Waals surface area contributed by atoms with Gasteiger partial charge in [-0.15, -0.1) is 0 Å². The van der Waals surface area contributed by atoms with Gasteiger partial charge in [0, 0.05) is 18.5 Å². The summed E-state index contributed by atoms with van der Waals surface area (Å²) >= 11 is 0. The van der Waals surface area contributed by atoms with Gasteiger partial charge in [0.15, 0.2) is 0 Å². The summed E-state index contributed by atoms with van der Waals surface area (Å²) in [6, 6.07) is 0.534. The van der Waals surface area contributed by atoms with Crippen molar-refractivity contribution in [2.45, 2.75) is 52.5 Å². The Morgan fingerprint density at radius 1 is 1.31 bits per heavy atom. The molecule has 1 saturated carbocycles. The first kappa shape index (κ1) is 13.5. The van der Waals surface area contributed by atoms with Gasteiger partial charge in [-0.3, -0.25) is 4.79 Å². The van der Waals surface area contributed by atoms with Crippen molar-refractivity contribution in [1.29, 1.82) is 0 Å². The van der Waals surface area contributed by atoms with Crippen LogP contribution < -0.4 is 5.73 Å². The molecule has 0 spiro atoms. The Kier molecular flexibility index (Phi) is 5.26. The molecule has 1 fully saturated rings. The highest BCUT2D eigenvalue weighted by atomic mass is 16.2. The lowest BCUT2D eigenvalue weighted by Gasteiger charge is -2.26. The molecule has 1 unspecified atom stereocenters. The fourth-order valence-corrected chi connectivity index (χ4v) is 1.91. The maximum absolute atomic E-state index is 12.2. The lowest BCUT2D eigenvalue weighted by molar-refractivity contribution is -0.135. The zero-order chi connectivity index (χ0) is 12.1. The number of amides is 1. The zero-order valence-corrected chi connectivity index (χ0v) is 10.9. The van der Waals surface area contributed by atoms with E-state index in [2.05, 4.69) is 18.7 Å². The van der Waals surface area contributed by atoms with Crippen molar-refractivity contribution in [3.63, 3.8) is 0 Å². The third-order valence-electron chi connectivity index (χ3n) is 3.24. The standard InChI is InChI=1S/C13H26N2O/c1-10(2)7-9-15(12-4-5-12)13(16)11(3)6-8-14/h10-12H,4-9,14H2,1-3H3. The lowest BCUT2D eigenvalue weighted by atomic mass is 10.1. The Morgan fingerprint density at radius 3 is 2.38 bits per heavy atom. The maximum atomic E-state index is 12.2. The minimum atomic E-state index is 0.0952. The van der Waals surface area contributed by atoms with E-state index in [1.807, 2.05) is 6.92 Å². The van der Waals surface area contributed by atoms with Gasteiger partial charge in [0.2, 0.25) is 5.91 Å². The van der Waals surface area contributed by atoms with Crippen LogP contribution in [-0.4, -0.2) is 29.9 Å². The quantitative estimate of drug-likeness (QED) is 0.722. The van der Waals surface area contributed by atoms with Gasteiger partial charge in [-0.1, -0.05) is 20.8 Å². The van der Waals surface area contributed by atoms with Gasteiger partial charge in [0.25, 0.3) is 0 Å². The molecule has 0 heterocycles. The summed E-state index contributed by atoms with van der Waals surface area (Å²) in [5.41, 5.74) is 5.51. The second kappa shape index (κ2) is 6.24. The average molecular weight is 226 g/mol. The van der Waals surface area contributed by atoms with E-state index < -0.39 is 0 Å². The molecule has 0 aromatic carbocycles. The normalized spacial score (nSPS) is 17.6. The molecule has 0 saturated heterocycles. The van der Waals surface area contributed by atoms with Crippen LogP contribution in [0.15, 0.2) is 0 Å². The van der Waals surface area contributed by atoms with E-state index in [1.54, 1.807) is 0 Å². The Balaban J connectivity index is 2.45.